The number of carbonyl (C=O) groups excluding carboxylic acids is 1. The Balaban J connectivity index is 1.35. The molecular weight excluding hydrogens is 396 g/mol. The lowest BCUT2D eigenvalue weighted by Gasteiger charge is -2.28. The van der Waals surface area contributed by atoms with Gasteiger partial charge in [-0.25, -0.2) is 4.98 Å². The first-order valence-electron chi connectivity index (χ1n) is 10.6. The van der Waals surface area contributed by atoms with Gasteiger partial charge < -0.3 is 19.9 Å². The van der Waals surface area contributed by atoms with Gasteiger partial charge in [0.1, 0.15) is 5.69 Å². The third-order valence-electron chi connectivity index (χ3n) is 5.43. The van der Waals surface area contributed by atoms with E-state index in [1.54, 1.807) is 0 Å². The highest BCUT2D eigenvalue weighted by Crippen LogP contribution is 2.19. The molecule has 5 rings (SSSR count). The quantitative estimate of drug-likeness (QED) is 0.651. The molecule has 10 heteroatoms. The number of carbonyl (C=O) groups is 1. The number of morpholine rings is 1. The minimum atomic E-state index is -0.311. The number of para-hydroxylation sites is 2. The highest BCUT2D eigenvalue weighted by molar-refractivity contribution is 5.93. The number of nitrogens with zero attached hydrogens (tertiary/aromatic N) is 7. The largest absolute Gasteiger partial charge is 0.378 e. The molecule has 0 atom stereocenters. The summed E-state index contributed by atoms with van der Waals surface area (Å²) >= 11 is 0. The number of fused-ring (bicyclic) bond motifs is 1. The van der Waals surface area contributed by atoms with Gasteiger partial charge in [-0.05, 0) is 25.0 Å². The van der Waals surface area contributed by atoms with Crippen molar-refractivity contribution in [1.82, 2.24) is 30.2 Å². The second kappa shape index (κ2) is 8.76. The second-order valence-corrected chi connectivity index (χ2v) is 7.57. The number of amides is 1. The number of ether oxygens (including phenoxy) is 1. The molecule has 2 aliphatic heterocycles. The van der Waals surface area contributed by atoms with Crippen LogP contribution in [0.3, 0.4) is 0 Å². The molecule has 1 amide bonds. The van der Waals surface area contributed by atoms with Crippen molar-refractivity contribution in [2.45, 2.75) is 19.4 Å². The molecule has 31 heavy (non-hydrogen) atoms. The van der Waals surface area contributed by atoms with Gasteiger partial charge in [-0.1, -0.05) is 12.1 Å². The van der Waals surface area contributed by atoms with Gasteiger partial charge in [-0.2, -0.15) is 15.0 Å². The van der Waals surface area contributed by atoms with E-state index in [1.807, 2.05) is 24.3 Å². The van der Waals surface area contributed by atoms with Crippen LogP contribution in [0, 0.1) is 0 Å². The van der Waals surface area contributed by atoms with Crippen LogP contribution in [0.15, 0.2) is 30.5 Å². The van der Waals surface area contributed by atoms with Gasteiger partial charge in [0.15, 0.2) is 5.82 Å². The molecule has 3 aromatic rings. The smallest absolute Gasteiger partial charge is 0.271 e. The van der Waals surface area contributed by atoms with E-state index < -0.39 is 0 Å². The molecule has 2 aliphatic rings. The first-order chi connectivity index (χ1) is 15.3. The minimum absolute atomic E-state index is 0.189. The Bertz CT molecular complexity index is 1080. The summed E-state index contributed by atoms with van der Waals surface area (Å²) in [6, 6.07) is 7.46. The van der Waals surface area contributed by atoms with Crippen LogP contribution in [0.2, 0.25) is 0 Å². The maximum atomic E-state index is 12.7. The molecule has 1 aromatic carbocycles. The van der Waals surface area contributed by atoms with E-state index in [0.29, 0.717) is 36.5 Å². The zero-order valence-corrected chi connectivity index (χ0v) is 17.2. The molecule has 10 nitrogen and oxygen atoms in total. The molecule has 0 saturated carbocycles. The number of nitrogens with one attached hydrogen (secondary N) is 1. The zero-order chi connectivity index (χ0) is 21.0. The summed E-state index contributed by atoms with van der Waals surface area (Å²) in [7, 11) is 0. The molecule has 1 N–H and O–H groups in total. The molecule has 0 unspecified atom stereocenters. The molecule has 4 heterocycles. The molecule has 0 spiro atoms. The molecule has 2 saturated heterocycles. The monoisotopic (exact) mass is 420 g/mol. The van der Waals surface area contributed by atoms with Crippen molar-refractivity contribution in [3.8, 4) is 0 Å². The summed E-state index contributed by atoms with van der Waals surface area (Å²) in [5.74, 6) is 1.52. The van der Waals surface area contributed by atoms with Gasteiger partial charge in [-0.15, -0.1) is 0 Å². The third kappa shape index (κ3) is 4.38. The van der Waals surface area contributed by atoms with Crippen LogP contribution in [-0.2, 0) is 11.3 Å². The number of aromatic nitrogens is 5. The van der Waals surface area contributed by atoms with E-state index in [4.69, 9.17) is 9.72 Å². The Labute approximate surface area is 179 Å². The van der Waals surface area contributed by atoms with Crippen LogP contribution >= 0.6 is 0 Å². The second-order valence-electron chi connectivity index (χ2n) is 7.57. The van der Waals surface area contributed by atoms with Crippen molar-refractivity contribution in [1.29, 1.82) is 0 Å². The number of rotatable bonds is 5. The number of hydrogen-bond acceptors (Lipinski definition) is 9. The highest BCUT2D eigenvalue weighted by Gasteiger charge is 2.21. The molecule has 0 bridgehead atoms. The average Bonchev–Trinajstić information content (AvgIpc) is 3.38. The average molecular weight is 420 g/mol. The van der Waals surface area contributed by atoms with Crippen molar-refractivity contribution < 1.29 is 9.53 Å². The Morgan fingerprint density at radius 2 is 1.58 bits per heavy atom. The zero-order valence-electron chi connectivity index (χ0n) is 17.2. The van der Waals surface area contributed by atoms with Crippen molar-refractivity contribution >= 4 is 28.8 Å². The number of benzene rings is 1. The predicted molar refractivity (Wildman–Crippen MR) is 115 cm³/mol. The predicted octanol–water partition coefficient (Wildman–Crippen LogP) is 1.18. The Morgan fingerprint density at radius 3 is 2.32 bits per heavy atom. The molecule has 2 fully saturated rings. The maximum absolute atomic E-state index is 12.7. The first kappa shape index (κ1) is 19.6. The van der Waals surface area contributed by atoms with Crippen molar-refractivity contribution in [2.24, 2.45) is 0 Å². The Kier molecular flexibility index (Phi) is 5.53. The van der Waals surface area contributed by atoms with Crippen LogP contribution in [0.5, 0.6) is 0 Å². The summed E-state index contributed by atoms with van der Waals surface area (Å²) < 4.78 is 5.45. The lowest BCUT2D eigenvalue weighted by molar-refractivity contribution is 0.0945. The summed E-state index contributed by atoms with van der Waals surface area (Å²) in [5.41, 5.74) is 1.70. The van der Waals surface area contributed by atoms with Crippen molar-refractivity contribution in [2.75, 3.05) is 49.2 Å². The fourth-order valence-corrected chi connectivity index (χ4v) is 3.75. The Morgan fingerprint density at radius 1 is 0.903 bits per heavy atom. The fraction of sp³-hybridized carbons (Fsp3) is 0.429. The normalized spacial score (nSPS) is 16.6. The molecule has 160 valence electrons. The minimum Gasteiger partial charge on any atom is -0.378 e. The van der Waals surface area contributed by atoms with Gasteiger partial charge >= 0.3 is 0 Å². The van der Waals surface area contributed by atoms with Crippen LogP contribution in [0.1, 0.15) is 29.2 Å². The van der Waals surface area contributed by atoms with E-state index >= 15 is 0 Å². The SMILES string of the molecule is O=C(NCc1nc(N2CCCC2)nc(N2CCOCC2)n1)c1cnc2ccccc2n1. The molecular formula is C21H24N8O2. The van der Waals surface area contributed by atoms with Gasteiger partial charge in [0.2, 0.25) is 11.9 Å². The van der Waals surface area contributed by atoms with E-state index in [9.17, 15) is 4.79 Å². The van der Waals surface area contributed by atoms with Crippen LogP contribution in [-0.4, -0.2) is 70.2 Å². The van der Waals surface area contributed by atoms with Gasteiger partial charge in [0.05, 0.1) is 37.0 Å². The third-order valence-corrected chi connectivity index (χ3v) is 5.43. The van der Waals surface area contributed by atoms with Crippen molar-refractivity contribution in [3.63, 3.8) is 0 Å². The summed E-state index contributed by atoms with van der Waals surface area (Å²) in [4.78, 5) is 39.6. The van der Waals surface area contributed by atoms with Crippen LogP contribution in [0.25, 0.3) is 11.0 Å². The standard InChI is InChI=1S/C21H24N8O2/c30-19(17-13-22-15-5-1-2-6-16(15)24-17)23-14-18-25-20(28-7-3-4-8-28)27-21(26-18)29-9-11-31-12-10-29/h1-2,5-6,13H,3-4,7-12,14H2,(H,23,30). The summed E-state index contributed by atoms with van der Waals surface area (Å²) in [6.07, 6.45) is 3.75. The van der Waals surface area contributed by atoms with E-state index in [1.165, 1.54) is 6.20 Å². The summed E-state index contributed by atoms with van der Waals surface area (Å²) in [6.45, 7) is 4.84. The molecule has 0 aliphatic carbocycles. The van der Waals surface area contributed by atoms with E-state index in [-0.39, 0.29) is 18.1 Å². The van der Waals surface area contributed by atoms with Gasteiger partial charge in [0, 0.05) is 26.2 Å². The van der Waals surface area contributed by atoms with Gasteiger partial charge in [-0.3, -0.25) is 9.78 Å². The maximum Gasteiger partial charge on any atom is 0.271 e. The highest BCUT2D eigenvalue weighted by atomic mass is 16.5. The van der Waals surface area contributed by atoms with Crippen LogP contribution < -0.4 is 15.1 Å². The lowest BCUT2D eigenvalue weighted by Crippen LogP contribution is -2.38. The van der Waals surface area contributed by atoms with Gasteiger partial charge in [0.25, 0.3) is 5.91 Å². The van der Waals surface area contributed by atoms with Crippen molar-refractivity contribution in [3.05, 3.63) is 42.0 Å². The topological polar surface area (TPSA) is 109 Å². The number of anilines is 2. The first-order valence-corrected chi connectivity index (χ1v) is 10.6. The van der Waals surface area contributed by atoms with E-state index in [2.05, 4.69) is 35.1 Å². The Hall–Kier alpha value is -3.40. The summed E-state index contributed by atoms with van der Waals surface area (Å²) in [5, 5.41) is 2.87. The van der Waals surface area contributed by atoms with E-state index in [0.717, 1.165) is 44.5 Å². The van der Waals surface area contributed by atoms with Crippen LogP contribution in [0.4, 0.5) is 11.9 Å². The fourth-order valence-electron chi connectivity index (χ4n) is 3.75. The molecule has 0 radical (unpaired) electrons. The lowest BCUT2D eigenvalue weighted by atomic mass is 10.3. The molecule has 2 aromatic heterocycles. The number of hydrogen-bond donors (Lipinski definition) is 1.